The van der Waals surface area contributed by atoms with Crippen molar-refractivity contribution in [2.75, 3.05) is 19.8 Å². The van der Waals surface area contributed by atoms with Gasteiger partial charge in [-0.25, -0.2) is 13.1 Å². The summed E-state index contributed by atoms with van der Waals surface area (Å²) in [4.78, 5) is 0. The first kappa shape index (κ1) is 27.7. The Hall–Kier alpha value is -3.81. The topological polar surface area (TPSA) is 73.9 Å². The van der Waals surface area contributed by atoms with Crippen LogP contribution in [0.3, 0.4) is 0 Å². The van der Waals surface area contributed by atoms with Gasteiger partial charge in [-0.3, -0.25) is 0 Å². The molecule has 4 aromatic carbocycles. The maximum atomic E-state index is 12.3. The van der Waals surface area contributed by atoms with Gasteiger partial charge in [0.05, 0.1) is 19.0 Å². The SMILES string of the molecule is Cc1cc(OCCCNS(=O)(=O)Cc2ccccc2)cc(C)c1-c1cccc(COc2ccc3c(c2)OCC3)c1. The summed E-state index contributed by atoms with van der Waals surface area (Å²) in [6.07, 6.45) is 1.53. The van der Waals surface area contributed by atoms with Crippen molar-refractivity contribution in [3.8, 4) is 28.4 Å². The Balaban J connectivity index is 1.14. The number of sulfonamides is 1. The average molecular weight is 558 g/mol. The van der Waals surface area contributed by atoms with Crippen molar-refractivity contribution >= 4 is 10.0 Å². The number of benzene rings is 4. The molecule has 1 heterocycles. The largest absolute Gasteiger partial charge is 0.494 e. The molecule has 6 nitrogen and oxygen atoms in total. The molecule has 1 aliphatic heterocycles. The molecule has 7 heteroatoms. The van der Waals surface area contributed by atoms with Crippen LogP contribution >= 0.6 is 0 Å². The van der Waals surface area contributed by atoms with E-state index in [1.807, 2.05) is 54.6 Å². The highest BCUT2D eigenvalue weighted by Gasteiger charge is 2.14. The van der Waals surface area contributed by atoms with Crippen molar-refractivity contribution in [2.24, 2.45) is 0 Å². The van der Waals surface area contributed by atoms with Crippen molar-refractivity contribution in [3.63, 3.8) is 0 Å². The molecule has 0 radical (unpaired) electrons. The van der Waals surface area contributed by atoms with Crippen molar-refractivity contribution < 1.29 is 22.6 Å². The molecule has 1 aliphatic rings. The van der Waals surface area contributed by atoms with Crippen LogP contribution in [0.2, 0.25) is 0 Å². The van der Waals surface area contributed by atoms with Gasteiger partial charge in [-0.15, -0.1) is 0 Å². The van der Waals surface area contributed by atoms with Gasteiger partial charge >= 0.3 is 0 Å². The van der Waals surface area contributed by atoms with Crippen molar-refractivity contribution in [1.82, 2.24) is 4.72 Å². The molecule has 5 rings (SSSR count). The van der Waals surface area contributed by atoms with Gasteiger partial charge < -0.3 is 14.2 Å². The summed E-state index contributed by atoms with van der Waals surface area (Å²) in [6, 6.07) is 27.7. The van der Waals surface area contributed by atoms with Crippen LogP contribution in [0.25, 0.3) is 11.1 Å². The average Bonchev–Trinajstić information content (AvgIpc) is 3.40. The molecule has 40 heavy (non-hydrogen) atoms. The number of hydrogen-bond donors (Lipinski definition) is 1. The lowest BCUT2D eigenvalue weighted by Gasteiger charge is -2.15. The molecule has 0 atom stereocenters. The van der Waals surface area contributed by atoms with Gasteiger partial charge in [0.25, 0.3) is 0 Å². The van der Waals surface area contributed by atoms with Crippen LogP contribution in [-0.2, 0) is 28.8 Å². The van der Waals surface area contributed by atoms with Crippen LogP contribution in [0.4, 0.5) is 0 Å². The van der Waals surface area contributed by atoms with E-state index in [2.05, 4.69) is 48.9 Å². The highest BCUT2D eigenvalue weighted by Crippen LogP contribution is 2.33. The second kappa shape index (κ2) is 12.6. The Morgan fingerprint density at radius 3 is 2.40 bits per heavy atom. The standard InChI is InChI=1S/C33H35NO5S/c1-24-18-31(37-16-7-15-34-40(35,36)23-26-8-4-3-5-9-26)19-25(2)33(24)29-11-6-10-27(20-29)22-39-30-13-12-28-14-17-38-32(28)21-30/h3-6,8-13,18-21,34H,7,14-17,22-23H2,1-2H3. The fourth-order valence-electron chi connectivity index (χ4n) is 5.02. The lowest BCUT2D eigenvalue weighted by atomic mass is 9.94. The first-order valence-electron chi connectivity index (χ1n) is 13.6. The zero-order valence-electron chi connectivity index (χ0n) is 23.0. The van der Waals surface area contributed by atoms with E-state index in [4.69, 9.17) is 14.2 Å². The molecule has 0 spiro atoms. The second-order valence-electron chi connectivity index (χ2n) is 10.1. The van der Waals surface area contributed by atoms with Crippen LogP contribution in [0.5, 0.6) is 17.2 Å². The molecule has 0 saturated heterocycles. The Morgan fingerprint density at radius 1 is 0.825 bits per heavy atom. The van der Waals surface area contributed by atoms with Gasteiger partial charge in [0.15, 0.2) is 0 Å². The van der Waals surface area contributed by atoms with Gasteiger partial charge in [0.1, 0.15) is 23.9 Å². The predicted molar refractivity (Wildman–Crippen MR) is 159 cm³/mol. The van der Waals surface area contributed by atoms with Crippen molar-refractivity contribution in [2.45, 2.75) is 39.0 Å². The van der Waals surface area contributed by atoms with E-state index < -0.39 is 10.0 Å². The molecule has 208 valence electrons. The zero-order chi connectivity index (χ0) is 28.0. The molecule has 0 aliphatic carbocycles. The van der Waals surface area contributed by atoms with E-state index in [-0.39, 0.29) is 5.75 Å². The lowest BCUT2D eigenvalue weighted by Crippen LogP contribution is -2.27. The molecule has 0 bridgehead atoms. The predicted octanol–water partition coefficient (Wildman–Crippen LogP) is 6.37. The minimum atomic E-state index is -3.38. The second-order valence-corrected chi connectivity index (χ2v) is 11.9. The quantitative estimate of drug-likeness (QED) is 0.205. The van der Waals surface area contributed by atoms with Gasteiger partial charge in [0, 0.05) is 19.0 Å². The van der Waals surface area contributed by atoms with Crippen LogP contribution < -0.4 is 18.9 Å². The molecule has 0 saturated carbocycles. The lowest BCUT2D eigenvalue weighted by molar-refractivity contribution is 0.302. The molecule has 0 fully saturated rings. The van der Waals surface area contributed by atoms with E-state index in [0.717, 1.165) is 58.1 Å². The Kier molecular flexibility index (Phi) is 8.72. The van der Waals surface area contributed by atoms with Crippen molar-refractivity contribution in [3.05, 3.63) is 113 Å². The number of rotatable bonds is 12. The third kappa shape index (κ3) is 7.23. The number of fused-ring (bicyclic) bond motifs is 1. The van der Waals surface area contributed by atoms with Crippen LogP contribution in [0.1, 0.15) is 34.2 Å². The highest BCUT2D eigenvalue weighted by molar-refractivity contribution is 7.88. The number of ether oxygens (including phenoxy) is 3. The third-order valence-corrected chi connectivity index (χ3v) is 8.26. The molecule has 0 unspecified atom stereocenters. The van der Waals surface area contributed by atoms with Gasteiger partial charge in [-0.2, -0.15) is 0 Å². The van der Waals surface area contributed by atoms with Crippen LogP contribution in [-0.4, -0.2) is 28.2 Å². The fraction of sp³-hybridized carbons (Fsp3) is 0.273. The Bertz CT molecular complexity index is 1540. The molecular formula is C33H35NO5S. The van der Waals surface area contributed by atoms with Gasteiger partial charge in [0.2, 0.25) is 10.0 Å². The Labute approximate surface area is 237 Å². The minimum absolute atomic E-state index is 0.0230. The zero-order valence-corrected chi connectivity index (χ0v) is 23.8. The number of nitrogens with one attached hydrogen (secondary N) is 1. The molecular weight excluding hydrogens is 522 g/mol. The molecule has 0 aromatic heterocycles. The van der Waals surface area contributed by atoms with Crippen LogP contribution in [0, 0.1) is 13.8 Å². The fourth-order valence-corrected chi connectivity index (χ4v) is 6.21. The minimum Gasteiger partial charge on any atom is -0.494 e. The summed E-state index contributed by atoms with van der Waals surface area (Å²) in [5, 5.41) is 0. The van der Waals surface area contributed by atoms with E-state index in [1.165, 1.54) is 11.1 Å². The van der Waals surface area contributed by atoms with E-state index in [9.17, 15) is 8.42 Å². The van der Waals surface area contributed by atoms with E-state index >= 15 is 0 Å². The third-order valence-electron chi connectivity index (χ3n) is 6.91. The normalized spacial score (nSPS) is 12.6. The Morgan fingerprint density at radius 2 is 1.60 bits per heavy atom. The molecule has 4 aromatic rings. The first-order valence-corrected chi connectivity index (χ1v) is 15.2. The summed E-state index contributed by atoms with van der Waals surface area (Å²) in [5.41, 5.74) is 7.63. The summed E-state index contributed by atoms with van der Waals surface area (Å²) < 4.78 is 45.0. The smallest absolute Gasteiger partial charge is 0.215 e. The van der Waals surface area contributed by atoms with Crippen molar-refractivity contribution in [1.29, 1.82) is 0 Å². The summed E-state index contributed by atoms with van der Waals surface area (Å²) in [7, 11) is -3.38. The summed E-state index contributed by atoms with van der Waals surface area (Å²) in [6.45, 7) is 6.13. The highest BCUT2D eigenvalue weighted by atomic mass is 32.2. The molecule has 0 amide bonds. The van der Waals surface area contributed by atoms with Crippen LogP contribution in [0.15, 0.2) is 84.9 Å². The summed E-state index contributed by atoms with van der Waals surface area (Å²) in [5.74, 6) is 2.49. The maximum Gasteiger partial charge on any atom is 0.215 e. The number of hydrogen-bond acceptors (Lipinski definition) is 5. The first-order chi connectivity index (χ1) is 19.4. The van der Waals surface area contributed by atoms with E-state index in [0.29, 0.717) is 26.2 Å². The molecule has 1 N–H and O–H groups in total. The number of aryl methyl sites for hydroxylation is 2. The summed E-state index contributed by atoms with van der Waals surface area (Å²) >= 11 is 0. The monoisotopic (exact) mass is 557 g/mol. The maximum absolute atomic E-state index is 12.3. The van der Waals surface area contributed by atoms with Gasteiger partial charge in [-0.05, 0) is 83.5 Å². The van der Waals surface area contributed by atoms with Gasteiger partial charge in [-0.1, -0.05) is 54.6 Å². The van der Waals surface area contributed by atoms with E-state index in [1.54, 1.807) is 0 Å².